The molecule has 2 aromatic carbocycles. The third-order valence-electron chi connectivity index (χ3n) is 5.48. The minimum absolute atomic E-state index is 0.0198. The fourth-order valence-electron chi connectivity index (χ4n) is 3.87. The van der Waals surface area contributed by atoms with Crippen molar-refractivity contribution in [2.24, 2.45) is 5.92 Å². The van der Waals surface area contributed by atoms with Crippen LogP contribution in [0.2, 0.25) is 0 Å². The quantitative estimate of drug-likeness (QED) is 0.693. The van der Waals surface area contributed by atoms with E-state index in [0.29, 0.717) is 31.2 Å². The lowest BCUT2D eigenvalue weighted by Crippen LogP contribution is -2.38. The van der Waals surface area contributed by atoms with Gasteiger partial charge in [0.25, 0.3) is 5.91 Å². The zero-order chi connectivity index (χ0) is 20.2. The van der Waals surface area contributed by atoms with Gasteiger partial charge >= 0.3 is 5.97 Å². The maximum absolute atomic E-state index is 12.7. The number of nitrogens with one attached hydrogen (secondary N) is 1. The topological polar surface area (TPSA) is 84.2 Å². The Morgan fingerprint density at radius 2 is 1.72 bits per heavy atom. The van der Waals surface area contributed by atoms with Crippen LogP contribution in [-0.2, 0) is 4.79 Å². The lowest BCUT2D eigenvalue weighted by Gasteiger charge is -2.26. The third-order valence-corrected chi connectivity index (χ3v) is 5.48. The molecule has 1 fully saturated rings. The van der Waals surface area contributed by atoms with Gasteiger partial charge in [-0.1, -0.05) is 36.4 Å². The van der Waals surface area contributed by atoms with E-state index in [1.54, 1.807) is 12.3 Å². The first-order chi connectivity index (χ1) is 14.1. The SMILES string of the molecule is O=C(NC1CCC(C(=O)O)CC1)c1cccc(-n2nccc2-c2ccccc2)c1. The van der Waals surface area contributed by atoms with Crippen LogP contribution in [0.3, 0.4) is 0 Å². The van der Waals surface area contributed by atoms with Gasteiger partial charge in [0, 0.05) is 17.2 Å². The standard InChI is InChI=1S/C23H23N3O3/c27-22(25-19-11-9-17(10-12-19)23(28)29)18-7-4-8-20(15-18)26-21(13-14-24-26)16-5-2-1-3-6-16/h1-8,13-15,17,19H,9-12H2,(H,25,27)(H,28,29). The first kappa shape index (κ1) is 18.9. The molecule has 29 heavy (non-hydrogen) atoms. The van der Waals surface area contributed by atoms with Crippen LogP contribution in [0.4, 0.5) is 0 Å². The van der Waals surface area contributed by atoms with E-state index in [0.717, 1.165) is 16.9 Å². The molecule has 4 rings (SSSR count). The van der Waals surface area contributed by atoms with E-state index in [4.69, 9.17) is 5.11 Å². The number of hydrogen-bond acceptors (Lipinski definition) is 3. The summed E-state index contributed by atoms with van der Waals surface area (Å²) >= 11 is 0. The van der Waals surface area contributed by atoms with Crippen molar-refractivity contribution in [1.82, 2.24) is 15.1 Å². The molecule has 148 valence electrons. The molecule has 1 aliphatic carbocycles. The molecule has 1 aromatic heterocycles. The van der Waals surface area contributed by atoms with Crippen molar-refractivity contribution in [3.63, 3.8) is 0 Å². The molecular weight excluding hydrogens is 366 g/mol. The normalized spacial score (nSPS) is 18.9. The molecule has 0 unspecified atom stereocenters. The number of carbonyl (C=O) groups is 2. The summed E-state index contributed by atoms with van der Waals surface area (Å²) in [6, 6.07) is 19.3. The zero-order valence-electron chi connectivity index (χ0n) is 16.0. The summed E-state index contributed by atoms with van der Waals surface area (Å²) < 4.78 is 1.82. The number of hydrogen-bond donors (Lipinski definition) is 2. The molecular formula is C23H23N3O3. The smallest absolute Gasteiger partial charge is 0.306 e. The Morgan fingerprint density at radius 3 is 2.45 bits per heavy atom. The summed E-state index contributed by atoms with van der Waals surface area (Å²) in [7, 11) is 0. The van der Waals surface area contributed by atoms with Crippen molar-refractivity contribution in [3.05, 3.63) is 72.4 Å². The van der Waals surface area contributed by atoms with Crippen LogP contribution < -0.4 is 5.32 Å². The van der Waals surface area contributed by atoms with Gasteiger partial charge < -0.3 is 10.4 Å². The highest BCUT2D eigenvalue weighted by Gasteiger charge is 2.27. The van der Waals surface area contributed by atoms with Gasteiger partial charge in [0.05, 0.1) is 23.5 Å². The molecule has 0 atom stereocenters. The number of rotatable bonds is 5. The van der Waals surface area contributed by atoms with Gasteiger partial charge in [-0.15, -0.1) is 0 Å². The summed E-state index contributed by atoms with van der Waals surface area (Å²) in [6.45, 7) is 0. The molecule has 3 aromatic rings. The van der Waals surface area contributed by atoms with Crippen LogP contribution >= 0.6 is 0 Å². The van der Waals surface area contributed by atoms with Crippen LogP contribution in [0, 0.1) is 5.92 Å². The van der Waals surface area contributed by atoms with Crippen LogP contribution in [-0.4, -0.2) is 32.8 Å². The Balaban J connectivity index is 1.49. The van der Waals surface area contributed by atoms with Crippen molar-refractivity contribution < 1.29 is 14.7 Å². The molecule has 6 heteroatoms. The fourth-order valence-corrected chi connectivity index (χ4v) is 3.87. The minimum atomic E-state index is -0.740. The number of nitrogens with zero attached hydrogens (tertiary/aromatic N) is 2. The van der Waals surface area contributed by atoms with Crippen LogP contribution in [0.15, 0.2) is 66.9 Å². The van der Waals surface area contributed by atoms with Crippen molar-refractivity contribution in [3.8, 4) is 16.9 Å². The zero-order valence-corrected chi connectivity index (χ0v) is 16.0. The van der Waals surface area contributed by atoms with Crippen molar-refractivity contribution in [2.75, 3.05) is 0 Å². The van der Waals surface area contributed by atoms with Gasteiger partial charge in [-0.25, -0.2) is 4.68 Å². The second-order valence-electron chi connectivity index (χ2n) is 7.40. The average Bonchev–Trinajstić information content (AvgIpc) is 3.25. The van der Waals surface area contributed by atoms with Crippen LogP contribution in [0.1, 0.15) is 36.0 Å². The highest BCUT2D eigenvalue weighted by atomic mass is 16.4. The lowest BCUT2D eigenvalue weighted by molar-refractivity contribution is -0.142. The Labute approximate surface area is 169 Å². The monoisotopic (exact) mass is 389 g/mol. The van der Waals surface area contributed by atoms with E-state index in [2.05, 4.69) is 10.4 Å². The molecule has 2 N–H and O–H groups in total. The largest absolute Gasteiger partial charge is 0.481 e. The molecule has 0 saturated heterocycles. The van der Waals surface area contributed by atoms with E-state index < -0.39 is 5.97 Å². The number of aromatic nitrogens is 2. The molecule has 1 saturated carbocycles. The van der Waals surface area contributed by atoms with Gasteiger partial charge in [0.15, 0.2) is 0 Å². The van der Waals surface area contributed by atoms with E-state index in [9.17, 15) is 9.59 Å². The number of benzene rings is 2. The summed E-state index contributed by atoms with van der Waals surface area (Å²) in [4.78, 5) is 23.8. The second kappa shape index (κ2) is 8.31. The van der Waals surface area contributed by atoms with Gasteiger partial charge in [0.1, 0.15) is 0 Å². The van der Waals surface area contributed by atoms with E-state index in [1.165, 1.54) is 0 Å². The van der Waals surface area contributed by atoms with Crippen LogP contribution in [0.5, 0.6) is 0 Å². The highest BCUT2D eigenvalue weighted by molar-refractivity contribution is 5.95. The van der Waals surface area contributed by atoms with Crippen molar-refractivity contribution in [1.29, 1.82) is 0 Å². The average molecular weight is 389 g/mol. The lowest BCUT2D eigenvalue weighted by atomic mass is 9.86. The summed E-state index contributed by atoms with van der Waals surface area (Å²) in [6.07, 6.45) is 4.34. The minimum Gasteiger partial charge on any atom is -0.481 e. The first-order valence-electron chi connectivity index (χ1n) is 9.85. The maximum Gasteiger partial charge on any atom is 0.306 e. The molecule has 1 amide bonds. The molecule has 1 heterocycles. The molecule has 0 spiro atoms. The molecule has 0 bridgehead atoms. The Morgan fingerprint density at radius 1 is 0.966 bits per heavy atom. The number of aliphatic carboxylic acids is 1. The maximum atomic E-state index is 12.7. The third kappa shape index (κ3) is 4.21. The van der Waals surface area contributed by atoms with E-state index in [1.807, 2.05) is 59.3 Å². The highest BCUT2D eigenvalue weighted by Crippen LogP contribution is 2.25. The number of carboxylic acids is 1. The van der Waals surface area contributed by atoms with Crippen molar-refractivity contribution >= 4 is 11.9 Å². The van der Waals surface area contributed by atoms with Crippen LogP contribution in [0.25, 0.3) is 16.9 Å². The Hall–Kier alpha value is -3.41. The van der Waals surface area contributed by atoms with Gasteiger partial charge in [-0.05, 0) is 49.9 Å². The predicted octanol–water partition coefficient (Wildman–Crippen LogP) is 3.91. The van der Waals surface area contributed by atoms with Gasteiger partial charge in [0.2, 0.25) is 0 Å². The molecule has 0 radical (unpaired) electrons. The Kier molecular flexibility index (Phi) is 5.42. The van der Waals surface area contributed by atoms with E-state index in [-0.39, 0.29) is 17.9 Å². The first-order valence-corrected chi connectivity index (χ1v) is 9.85. The molecule has 1 aliphatic rings. The number of carbonyl (C=O) groups excluding carboxylic acids is 1. The number of carboxylic acid groups (broad SMARTS) is 1. The van der Waals surface area contributed by atoms with Crippen molar-refractivity contribution in [2.45, 2.75) is 31.7 Å². The van der Waals surface area contributed by atoms with Gasteiger partial charge in [-0.3, -0.25) is 9.59 Å². The molecule has 0 aliphatic heterocycles. The summed E-state index contributed by atoms with van der Waals surface area (Å²) in [5.74, 6) is -1.17. The summed E-state index contributed by atoms with van der Waals surface area (Å²) in [5.41, 5.74) is 3.39. The fraction of sp³-hybridized carbons (Fsp3) is 0.261. The Bertz CT molecular complexity index is 1000. The number of amides is 1. The molecule has 6 nitrogen and oxygen atoms in total. The van der Waals surface area contributed by atoms with E-state index >= 15 is 0 Å². The predicted molar refractivity (Wildman–Crippen MR) is 110 cm³/mol. The van der Waals surface area contributed by atoms with Gasteiger partial charge in [-0.2, -0.15) is 5.10 Å². The second-order valence-corrected chi connectivity index (χ2v) is 7.40. The summed E-state index contributed by atoms with van der Waals surface area (Å²) in [5, 5.41) is 16.6.